The van der Waals surface area contributed by atoms with Crippen molar-refractivity contribution in [3.63, 3.8) is 0 Å². The number of nitrogens with one attached hydrogen (secondary N) is 1. The molecule has 0 radical (unpaired) electrons. The molecule has 0 atom stereocenters. The second-order valence-corrected chi connectivity index (χ2v) is 8.53. The molecule has 2 aromatic carbocycles. The van der Waals surface area contributed by atoms with Crippen LogP contribution in [0.2, 0.25) is 0 Å². The lowest BCUT2D eigenvalue weighted by atomic mass is 10.0. The molecule has 0 bridgehead atoms. The molecule has 3 rings (SSSR count). The van der Waals surface area contributed by atoms with E-state index in [-0.39, 0.29) is 11.4 Å². The smallest absolute Gasteiger partial charge is 0.291 e. The molecular formula is C25H30N2O2. The van der Waals surface area contributed by atoms with Crippen molar-refractivity contribution in [3.05, 3.63) is 88.9 Å². The minimum Gasteiger partial charge on any atom is -0.455 e. The number of carbonyl (C=O) groups excluding carboxylic acids is 1. The first-order chi connectivity index (χ1) is 13.7. The second kappa shape index (κ2) is 8.66. The van der Waals surface area contributed by atoms with E-state index in [1.807, 2.05) is 37.3 Å². The number of hydrogen-bond donors (Lipinski definition) is 1. The van der Waals surface area contributed by atoms with Crippen LogP contribution >= 0.6 is 0 Å². The van der Waals surface area contributed by atoms with Gasteiger partial charge in [0.1, 0.15) is 5.76 Å². The van der Waals surface area contributed by atoms with Crippen LogP contribution in [0, 0.1) is 13.8 Å². The van der Waals surface area contributed by atoms with Crippen molar-refractivity contribution in [2.45, 2.75) is 53.2 Å². The Labute approximate surface area is 173 Å². The highest BCUT2D eigenvalue weighted by molar-refractivity contribution is 6.02. The fourth-order valence-corrected chi connectivity index (χ4v) is 3.12. The summed E-state index contributed by atoms with van der Waals surface area (Å²) in [4.78, 5) is 14.9. The predicted octanol–water partition coefficient (Wildman–Crippen LogP) is 5.95. The van der Waals surface area contributed by atoms with E-state index in [9.17, 15) is 4.79 Å². The molecule has 4 nitrogen and oxygen atoms in total. The van der Waals surface area contributed by atoms with Gasteiger partial charge < -0.3 is 9.73 Å². The molecule has 1 heterocycles. The fourth-order valence-electron chi connectivity index (χ4n) is 3.12. The Morgan fingerprint density at radius 3 is 2.31 bits per heavy atom. The number of rotatable bonds is 6. The van der Waals surface area contributed by atoms with E-state index in [2.05, 4.69) is 62.2 Å². The highest BCUT2D eigenvalue weighted by Crippen LogP contribution is 2.22. The van der Waals surface area contributed by atoms with Crippen LogP contribution in [0.4, 0.5) is 5.69 Å². The number of anilines is 1. The van der Waals surface area contributed by atoms with Crippen LogP contribution in [0.5, 0.6) is 0 Å². The van der Waals surface area contributed by atoms with Gasteiger partial charge in [-0.15, -0.1) is 0 Å². The standard InChI is InChI=1S/C25H30N2O2/c1-18-11-12-21(15-19(18)2)26-24(28)23-14-13-22(29-23)17-27(25(3,4)5)16-20-9-7-6-8-10-20/h6-15H,16-17H2,1-5H3,(H,26,28). The van der Waals surface area contributed by atoms with E-state index in [1.54, 1.807) is 6.07 Å². The van der Waals surface area contributed by atoms with Gasteiger partial charge >= 0.3 is 0 Å². The van der Waals surface area contributed by atoms with Crippen LogP contribution in [0.15, 0.2) is 65.1 Å². The quantitative estimate of drug-likeness (QED) is 0.566. The maximum absolute atomic E-state index is 12.6. The fraction of sp³-hybridized carbons (Fsp3) is 0.320. The zero-order chi connectivity index (χ0) is 21.0. The number of amides is 1. The molecule has 152 valence electrons. The summed E-state index contributed by atoms with van der Waals surface area (Å²) in [5.74, 6) is 0.873. The lowest BCUT2D eigenvalue weighted by molar-refractivity contribution is 0.0969. The first kappa shape index (κ1) is 20.9. The number of nitrogens with zero attached hydrogens (tertiary/aromatic N) is 1. The monoisotopic (exact) mass is 390 g/mol. The predicted molar refractivity (Wildman–Crippen MR) is 118 cm³/mol. The summed E-state index contributed by atoms with van der Waals surface area (Å²) in [5, 5.41) is 2.92. The normalized spacial score (nSPS) is 11.7. The Morgan fingerprint density at radius 2 is 1.66 bits per heavy atom. The molecule has 29 heavy (non-hydrogen) atoms. The molecule has 1 amide bonds. The lowest BCUT2D eigenvalue weighted by Crippen LogP contribution is -2.40. The van der Waals surface area contributed by atoms with E-state index < -0.39 is 0 Å². The van der Waals surface area contributed by atoms with Crippen molar-refractivity contribution in [3.8, 4) is 0 Å². The SMILES string of the molecule is Cc1ccc(NC(=O)c2ccc(CN(Cc3ccccc3)C(C)(C)C)o2)cc1C. The van der Waals surface area contributed by atoms with Crippen molar-refractivity contribution in [1.82, 2.24) is 4.90 Å². The van der Waals surface area contributed by atoms with Crippen molar-refractivity contribution >= 4 is 11.6 Å². The summed E-state index contributed by atoms with van der Waals surface area (Å²) in [6, 6.07) is 19.9. The van der Waals surface area contributed by atoms with Crippen LogP contribution in [0.3, 0.4) is 0 Å². The van der Waals surface area contributed by atoms with Gasteiger partial charge in [0.25, 0.3) is 5.91 Å². The maximum atomic E-state index is 12.6. The van der Waals surface area contributed by atoms with E-state index in [0.29, 0.717) is 12.3 Å². The summed E-state index contributed by atoms with van der Waals surface area (Å²) in [6.07, 6.45) is 0. The van der Waals surface area contributed by atoms with Gasteiger partial charge in [0, 0.05) is 17.8 Å². The number of aryl methyl sites for hydroxylation is 2. The average molecular weight is 391 g/mol. The summed E-state index contributed by atoms with van der Waals surface area (Å²) in [5.41, 5.74) is 4.33. The number of benzene rings is 2. The van der Waals surface area contributed by atoms with Crippen LogP contribution < -0.4 is 5.32 Å². The van der Waals surface area contributed by atoms with Crippen molar-refractivity contribution in [2.24, 2.45) is 0 Å². The third kappa shape index (κ3) is 5.58. The Balaban J connectivity index is 1.70. The van der Waals surface area contributed by atoms with Crippen LogP contribution in [0.25, 0.3) is 0 Å². The van der Waals surface area contributed by atoms with E-state index in [4.69, 9.17) is 4.42 Å². The first-order valence-corrected chi connectivity index (χ1v) is 9.98. The van der Waals surface area contributed by atoms with Crippen LogP contribution in [-0.4, -0.2) is 16.3 Å². The molecule has 0 fully saturated rings. The Kier molecular flexibility index (Phi) is 6.23. The molecule has 1 N–H and O–H groups in total. The third-order valence-electron chi connectivity index (χ3n) is 5.16. The summed E-state index contributed by atoms with van der Waals surface area (Å²) < 4.78 is 5.88. The number of furan rings is 1. The number of hydrogen-bond acceptors (Lipinski definition) is 3. The van der Waals surface area contributed by atoms with E-state index in [0.717, 1.165) is 23.6 Å². The van der Waals surface area contributed by atoms with E-state index in [1.165, 1.54) is 11.1 Å². The summed E-state index contributed by atoms with van der Waals surface area (Å²) >= 11 is 0. The van der Waals surface area contributed by atoms with Gasteiger partial charge in [0.2, 0.25) is 0 Å². The molecule has 0 saturated carbocycles. The van der Waals surface area contributed by atoms with E-state index >= 15 is 0 Å². The molecule has 0 unspecified atom stereocenters. The van der Waals surface area contributed by atoms with Crippen LogP contribution in [-0.2, 0) is 13.1 Å². The van der Waals surface area contributed by atoms with Gasteiger partial charge in [0.15, 0.2) is 5.76 Å². The highest BCUT2D eigenvalue weighted by Gasteiger charge is 2.23. The van der Waals surface area contributed by atoms with Gasteiger partial charge in [-0.3, -0.25) is 9.69 Å². The van der Waals surface area contributed by atoms with Crippen molar-refractivity contribution in [2.75, 3.05) is 5.32 Å². The van der Waals surface area contributed by atoms with Gasteiger partial charge in [-0.05, 0) is 75.6 Å². The number of carbonyl (C=O) groups is 1. The molecule has 4 heteroatoms. The molecule has 0 aliphatic carbocycles. The van der Waals surface area contributed by atoms with Crippen molar-refractivity contribution < 1.29 is 9.21 Å². The average Bonchev–Trinajstić information content (AvgIpc) is 3.13. The molecule has 0 aliphatic heterocycles. The van der Waals surface area contributed by atoms with Gasteiger partial charge in [-0.25, -0.2) is 0 Å². The largest absolute Gasteiger partial charge is 0.455 e. The minimum atomic E-state index is -0.232. The molecule has 3 aromatic rings. The Morgan fingerprint density at radius 1 is 0.931 bits per heavy atom. The van der Waals surface area contributed by atoms with Gasteiger partial charge in [0.05, 0.1) is 6.54 Å². The summed E-state index contributed by atoms with van der Waals surface area (Å²) in [7, 11) is 0. The highest BCUT2D eigenvalue weighted by atomic mass is 16.4. The zero-order valence-electron chi connectivity index (χ0n) is 18.0. The maximum Gasteiger partial charge on any atom is 0.291 e. The summed E-state index contributed by atoms with van der Waals surface area (Å²) in [6.45, 7) is 12.1. The molecule has 0 aliphatic rings. The minimum absolute atomic E-state index is 0.0372. The van der Waals surface area contributed by atoms with Gasteiger partial charge in [-0.2, -0.15) is 0 Å². The van der Waals surface area contributed by atoms with Crippen LogP contribution in [0.1, 0.15) is 53.8 Å². The molecule has 0 saturated heterocycles. The molecule has 1 aromatic heterocycles. The third-order valence-corrected chi connectivity index (χ3v) is 5.16. The van der Waals surface area contributed by atoms with Crippen molar-refractivity contribution in [1.29, 1.82) is 0 Å². The Hall–Kier alpha value is -2.85. The topological polar surface area (TPSA) is 45.5 Å². The molecule has 0 spiro atoms. The zero-order valence-corrected chi connectivity index (χ0v) is 18.0. The second-order valence-electron chi connectivity index (χ2n) is 8.53. The lowest BCUT2D eigenvalue weighted by Gasteiger charge is -2.35. The van der Waals surface area contributed by atoms with Gasteiger partial charge in [-0.1, -0.05) is 36.4 Å². The first-order valence-electron chi connectivity index (χ1n) is 9.98. The Bertz CT molecular complexity index is 968. The molecular weight excluding hydrogens is 360 g/mol.